The Morgan fingerprint density at radius 3 is 2.07 bits per heavy atom. The minimum Gasteiger partial charge on any atom is -0.419 e. The Hall–Kier alpha value is -1.46. The number of hydrogen-bond acceptors (Lipinski definition) is 3. The van der Waals surface area contributed by atoms with E-state index in [1.54, 1.807) is 0 Å². The van der Waals surface area contributed by atoms with Gasteiger partial charge in [-0.3, -0.25) is 0 Å². The number of hydrogen-bond donors (Lipinski definition) is 1. The minimum absolute atomic E-state index is 0.106. The van der Waals surface area contributed by atoms with Gasteiger partial charge in [0.05, 0.1) is 24.4 Å². The third-order valence-corrected chi connectivity index (χ3v) is 7.57. The van der Waals surface area contributed by atoms with Gasteiger partial charge in [-0.1, -0.05) is 75.4 Å². The third-order valence-electron chi connectivity index (χ3n) is 6.76. The van der Waals surface area contributed by atoms with Gasteiger partial charge in [0.25, 0.3) is 0 Å². The Bertz CT molecular complexity index is 767. The van der Waals surface area contributed by atoms with Crippen molar-refractivity contribution < 1.29 is 14.3 Å². The molecule has 160 valence electrons. The van der Waals surface area contributed by atoms with E-state index in [-0.39, 0.29) is 11.3 Å². The summed E-state index contributed by atoms with van der Waals surface area (Å²) in [4.78, 5) is 0. The van der Waals surface area contributed by atoms with Crippen molar-refractivity contribution in [3.05, 3.63) is 71.3 Å². The van der Waals surface area contributed by atoms with Gasteiger partial charge >= 0.3 is 0 Å². The highest BCUT2D eigenvalue weighted by atomic mass is 28.2. The fourth-order valence-corrected chi connectivity index (χ4v) is 5.10. The normalized spacial score (nSPS) is 17.5. The highest BCUT2D eigenvalue weighted by Gasteiger charge is 2.54. The molecule has 0 saturated carbocycles. The molecule has 1 N–H and O–H groups in total. The summed E-state index contributed by atoms with van der Waals surface area (Å²) in [6.07, 6.45) is 0.741. The first kappa shape index (κ1) is 23.8. The van der Waals surface area contributed by atoms with E-state index in [9.17, 15) is 5.11 Å². The molecule has 0 heterocycles. The number of rotatable bonds is 9. The van der Waals surface area contributed by atoms with Crippen molar-refractivity contribution in [2.45, 2.75) is 65.8 Å². The number of aryl methyl sites for hydroxylation is 1. The topological polar surface area (TPSA) is 38.7 Å². The van der Waals surface area contributed by atoms with Gasteiger partial charge in [-0.25, -0.2) is 0 Å². The molecule has 2 rings (SSSR count). The summed E-state index contributed by atoms with van der Waals surface area (Å²) >= 11 is 0. The molecular weight excluding hydrogens is 376 g/mol. The Morgan fingerprint density at radius 2 is 1.52 bits per heavy atom. The molecular formula is C25H38O3Si. The fourth-order valence-electron chi connectivity index (χ4n) is 4.08. The van der Waals surface area contributed by atoms with E-state index in [1.165, 1.54) is 11.1 Å². The molecule has 1 unspecified atom stereocenters. The molecule has 0 radical (unpaired) electrons. The van der Waals surface area contributed by atoms with E-state index in [1.807, 2.05) is 32.0 Å². The van der Waals surface area contributed by atoms with E-state index < -0.39 is 11.2 Å². The van der Waals surface area contributed by atoms with Crippen LogP contribution in [0.4, 0.5) is 0 Å². The van der Waals surface area contributed by atoms with Gasteiger partial charge in [-0.05, 0) is 49.3 Å². The second-order valence-electron chi connectivity index (χ2n) is 9.46. The second-order valence-corrected chi connectivity index (χ2v) is 9.87. The van der Waals surface area contributed by atoms with E-state index in [4.69, 9.17) is 9.16 Å². The number of benzene rings is 2. The number of aliphatic hydroxyl groups is 1. The maximum Gasteiger partial charge on any atom is 0.146 e. The van der Waals surface area contributed by atoms with Crippen LogP contribution in [0.1, 0.15) is 51.3 Å². The summed E-state index contributed by atoms with van der Waals surface area (Å²) in [7, 11) is 0.559. The van der Waals surface area contributed by atoms with Crippen LogP contribution in [0, 0.1) is 18.3 Å². The van der Waals surface area contributed by atoms with Gasteiger partial charge in [0.15, 0.2) is 0 Å². The zero-order valence-corrected chi connectivity index (χ0v) is 21.2. The summed E-state index contributed by atoms with van der Waals surface area (Å²) < 4.78 is 12.2. The molecule has 3 atom stereocenters. The smallest absolute Gasteiger partial charge is 0.146 e. The van der Waals surface area contributed by atoms with Crippen LogP contribution in [-0.4, -0.2) is 33.4 Å². The minimum atomic E-state index is -1.06. The van der Waals surface area contributed by atoms with Crippen LogP contribution in [0.2, 0.25) is 0 Å². The van der Waals surface area contributed by atoms with Crippen LogP contribution in [0.25, 0.3) is 0 Å². The van der Waals surface area contributed by atoms with Crippen molar-refractivity contribution >= 4 is 10.5 Å². The fraction of sp³-hybridized carbons (Fsp3) is 0.520. The molecule has 0 saturated heterocycles. The van der Waals surface area contributed by atoms with Gasteiger partial charge in [-0.2, -0.15) is 0 Å². The Kier molecular flexibility index (Phi) is 7.85. The molecule has 2 aromatic rings. The van der Waals surface area contributed by atoms with E-state index >= 15 is 0 Å². The monoisotopic (exact) mass is 414 g/mol. The van der Waals surface area contributed by atoms with Crippen LogP contribution in [0.3, 0.4) is 0 Å². The first-order chi connectivity index (χ1) is 13.5. The summed E-state index contributed by atoms with van der Waals surface area (Å²) in [5.41, 5.74) is 1.65. The zero-order chi connectivity index (χ0) is 21.7. The lowest BCUT2D eigenvalue weighted by Gasteiger charge is -2.54. The van der Waals surface area contributed by atoms with Crippen molar-refractivity contribution in [1.82, 2.24) is 0 Å². The molecule has 0 aromatic heterocycles. The first-order valence-corrected chi connectivity index (χ1v) is 11.3. The van der Waals surface area contributed by atoms with Crippen LogP contribution in [0.5, 0.6) is 0 Å². The standard InChI is InChI=1S/C25H38O3Si/c1-19-12-10-11-15-21(19)16-22(18-27-17-20-13-8-7-9-14-20)24(5,26)25(6,28-29)23(2,3)4/h7-15,22,26H,16-18H2,1-6,29H3/t22-,24-,25?/m1/s1. The van der Waals surface area contributed by atoms with Gasteiger partial charge < -0.3 is 14.3 Å². The molecule has 3 nitrogen and oxygen atoms in total. The Labute approximate surface area is 180 Å². The van der Waals surface area contributed by atoms with Crippen LogP contribution in [-0.2, 0) is 22.2 Å². The van der Waals surface area contributed by atoms with Crippen molar-refractivity contribution in [2.24, 2.45) is 11.3 Å². The predicted molar refractivity (Wildman–Crippen MR) is 124 cm³/mol. The summed E-state index contributed by atoms with van der Waals surface area (Å²) in [6.45, 7) is 13.5. The van der Waals surface area contributed by atoms with Gasteiger partial charge in [0, 0.05) is 5.92 Å². The van der Waals surface area contributed by atoms with Crippen molar-refractivity contribution in [1.29, 1.82) is 0 Å². The molecule has 0 fully saturated rings. The van der Waals surface area contributed by atoms with Crippen molar-refractivity contribution in [3.8, 4) is 0 Å². The summed E-state index contributed by atoms with van der Waals surface area (Å²) in [5, 5.41) is 11.9. The predicted octanol–water partition coefficient (Wildman–Crippen LogP) is 4.22. The Morgan fingerprint density at radius 1 is 0.931 bits per heavy atom. The molecule has 0 aliphatic rings. The molecule has 0 aliphatic heterocycles. The third kappa shape index (κ3) is 5.37. The lowest BCUT2D eigenvalue weighted by Crippen LogP contribution is -2.64. The maximum absolute atomic E-state index is 11.9. The van der Waals surface area contributed by atoms with Gasteiger partial charge in [0.1, 0.15) is 10.5 Å². The molecule has 4 heteroatoms. The van der Waals surface area contributed by atoms with Crippen molar-refractivity contribution in [3.63, 3.8) is 0 Å². The highest BCUT2D eigenvalue weighted by Crippen LogP contribution is 2.45. The van der Waals surface area contributed by atoms with Crippen LogP contribution in [0.15, 0.2) is 54.6 Å². The van der Waals surface area contributed by atoms with Crippen molar-refractivity contribution in [2.75, 3.05) is 6.61 Å². The maximum atomic E-state index is 11.9. The van der Waals surface area contributed by atoms with Gasteiger partial charge in [-0.15, -0.1) is 0 Å². The quantitative estimate of drug-likeness (QED) is 0.624. The van der Waals surface area contributed by atoms with Gasteiger partial charge in [0.2, 0.25) is 0 Å². The molecule has 0 spiro atoms. The molecule has 0 aliphatic carbocycles. The second kappa shape index (κ2) is 9.56. The molecule has 0 bridgehead atoms. The Balaban J connectivity index is 2.30. The van der Waals surface area contributed by atoms with E-state index in [0.29, 0.717) is 23.7 Å². The average Bonchev–Trinajstić information content (AvgIpc) is 2.67. The van der Waals surface area contributed by atoms with Crippen LogP contribution >= 0.6 is 0 Å². The lowest BCUT2D eigenvalue weighted by molar-refractivity contribution is -0.201. The zero-order valence-electron chi connectivity index (χ0n) is 19.2. The number of ether oxygens (including phenoxy) is 1. The van der Waals surface area contributed by atoms with Crippen LogP contribution < -0.4 is 0 Å². The average molecular weight is 415 g/mol. The molecule has 2 aromatic carbocycles. The largest absolute Gasteiger partial charge is 0.419 e. The highest BCUT2D eigenvalue weighted by molar-refractivity contribution is 5.98. The van der Waals surface area contributed by atoms with E-state index in [0.717, 1.165) is 12.0 Å². The lowest BCUT2D eigenvalue weighted by atomic mass is 9.63. The molecule has 0 amide bonds. The summed E-state index contributed by atoms with van der Waals surface area (Å²) in [5.74, 6) is -0.106. The summed E-state index contributed by atoms with van der Waals surface area (Å²) in [6, 6.07) is 18.6. The van der Waals surface area contributed by atoms with E-state index in [2.05, 4.69) is 64.1 Å². The first-order valence-electron chi connectivity index (χ1n) is 10.5. The molecule has 29 heavy (non-hydrogen) atoms. The SMILES string of the molecule is Cc1ccccc1C[C@H](COCc1ccccc1)[C@@](C)(O)C(C)(O[SiH3])C(C)(C)C.